The van der Waals surface area contributed by atoms with E-state index in [1.54, 1.807) is 6.20 Å². The molecular formula is C70H68N4O. The highest BCUT2D eigenvalue weighted by atomic mass is 16.5. The van der Waals surface area contributed by atoms with E-state index in [9.17, 15) is 4.11 Å². The van der Waals surface area contributed by atoms with E-state index in [0.717, 1.165) is 63.4 Å². The van der Waals surface area contributed by atoms with Crippen molar-refractivity contribution < 1.29 is 14.3 Å². The van der Waals surface area contributed by atoms with E-state index in [1.807, 2.05) is 110 Å². The number of hydrogen-bond donors (Lipinski definition) is 0. The summed E-state index contributed by atoms with van der Waals surface area (Å²) in [6, 6.07) is 48.6. The SMILES string of the molecule is [2H]c1c(-c2ccccc2)c([2H])c(C(C)(C)C)c([2H])c1-c1cccc(-c2ccc3c(c2)C(C)(C)CCC3(C)C)c1N1CN(c2cccc(Oc3ccc4c5c([2H])c([2H])c([2H])c([2H])c5n(-c5cc(C(C)(C)C)ccn5)c4c3)c2)c2ccccc21. The highest BCUT2D eigenvalue weighted by Crippen LogP contribution is 2.53. The molecule has 1 aliphatic carbocycles. The van der Waals surface area contributed by atoms with Crippen LogP contribution in [0.15, 0.2) is 194 Å². The monoisotopic (exact) mass is 988 g/mol. The van der Waals surface area contributed by atoms with E-state index >= 15 is 0 Å². The van der Waals surface area contributed by atoms with E-state index in [0.29, 0.717) is 62.5 Å². The van der Waals surface area contributed by atoms with E-state index in [2.05, 4.69) is 119 Å². The van der Waals surface area contributed by atoms with Crippen molar-refractivity contribution in [1.29, 1.82) is 0 Å². The zero-order valence-electron chi connectivity index (χ0n) is 51.8. The lowest BCUT2D eigenvalue weighted by molar-refractivity contribution is 0.332. The van der Waals surface area contributed by atoms with Gasteiger partial charge in [-0.15, -0.1) is 0 Å². The predicted octanol–water partition coefficient (Wildman–Crippen LogP) is 19.2. The molecule has 0 amide bonds. The Morgan fingerprint density at radius 1 is 0.520 bits per heavy atom. The highest BCUT2D eigenvalue weighted by molar-refractivity contribution is 6.09. The molecule has 1 aliphatic heterocycles. The summed E-state index contributed by atoms with van der Waals surface area (Å²) in [4.78, 5) is 9.38. The van der Waals surface area contributed by atoms with Crippen LogP contribution in [0.1, 0.15) is 114 Å². The number of ether oxygens (including phenoxy) is 1. The van der Waals surface area contributed by atoms with Crippen LogP contribution in [0.5, 0.6) is 11.5 Å². The molecule has 12 rings (SSSR count). The summed E-state index contributed by atoms with van der Waals surface area (Å²) in [6.07, 6.45) is 3.90. The number of nitrogens with zero attached hydrogens (tertiary/aromatic N) is 4. The second kappa shape index (κ2) is 17.9. The van der Waals surface area contributed by atoms with E-state index in [-0.39, 0.29) is 58.5 Å². The maximum Gasteiger partial charge on any atom is 0.137 e. The van der Waals surface area contributed by atoms with Crippen LogP contribution < -0.4 is 14.5 Å². The summed E-state index contributed by atoms with van der Waals surface area (Å²) in [5, 5.41) is 1.07. The first kappa shape index (κ1) is 40.5. The van der Waals surface area contributed by atoms with E-state index in [4.69, 9.17) is 15.2 Å². The first-order valence-electron chi connectivity index (χ1n) is 29.8. The van der Waals surface area contributed by atoms with Gasteiger partial charge in [-0.2, -0.15) is 0 Å². The molecule has 5 nitrogen and oxygen atoms in total. The smallest absolute Gasteiger partial charge is 0.137 e. The standard InChI is InChI=1S/C70H68N4O/c1-67(2,3)50-34-37-71-65(42-50)74-61-27-15-14-24-57(61)58-32-31-54(44-64(58)74)75-53-23-18-22-52(43-53)72-45-73(63-29-17-16-28-62(63)72)66-55(47-30-33-59-60(41-47)70(9,10)36-35-69(59,7)8)25-19-26-56(66)49-38-48(46-20-12-11-13-21-46)39-51(40-49)68(4,5)6/h11-34,37-44H,35-36,45H2,1-10H3/i14D,15D,24D,27D,38D,39D,40D. The molecule has 0 saturated heterocycles. The van der Waals surface area contributed by atoms with Gasteiger partial charge in [0, 0.05) is 45.9 Å². The summed E-state index contributed by atoms with van der Waals surface area (Å²) in [5.74, 6) is 1.62. The molecule has 0 saturated carbocycles. The van der Waals surface area contributed by atoms with Crippen molar-refractivity contribution in [3.05, 3.63) is 216 Å². The zero-order valence-corrected chi connectivity index (χ0v) is 44.8. The molecule has 0 bridgehead atoms. The lowest BCUT2D eigenvalue weighted by atomic mass is 9.63. The van der Waals surface area contributed by atoms with Gasteiger partial charge in [0.2, 0.25) is 0 Å². The van der Waals surface area contributed by atoms with Gasteiger partial charge in [0.15, 0.2) is 0 Å². The number of fused-ring (bicyclic) bond motifs is 5. The summed E-state index contributed by atoms with van der Waals surface area (Å²) in [5.41, 5.74) is 12.6. The predicted molar refractivity (Wildman–Crippen MR) is 316 cm³/mol. The average molecular weight is 988 g/mol. The first-order chi connectivity index (χ1) is 38.9. The number of pyridine rings is 1. The van der Waals surface area contributed by atoms with Crippen molar-refractivity contribution in [3.8, 4) is 50.7 Å². The number of hydrogen-bond acceptors (Lipinski definition) is 4. The third-order valence-electron chi connectivity index (χ3n) is 15.6. The van der Waals surface area contributed by atoms with Gasteiger partial charge in [-0.1, -0.05) is 184 Å². The second-order valence-electron chi connectivity index (χ2n) is 23.8. The fourth-order valence-electron chi connectivity index (χ4n) is 11.2. The molecule has 0 unspecified atom stereocenters. The Kier molecular flexibility index (Phi) is 9.67. The largest absolute Gasteiger partial charge is 0.457 e. The van der Waals surface area contributed by atoms with Gasteiger partial charge < -0.3 is 14.5 Å². The Bertz CT molecular complexity index is 4250. The molecule has 8 aromatic carbocycles. The fourth-order valence-corrected chi connectivity index (χ4v) is 11.2. The summed E-state index contributed by atoms with van der Waals surface area (Å²) in [7, 11) is 0. The van der Waals surface area contributed by atoms with Crippen molar-refractivity contribution >= 4 is 44.6 Å². The van der Waals surface area contributed by atoms with Gasteiger partial charge in [0.25, 0.3) is 0 Å². The Hall–Kier alpha value is -7.89. The van der Waals surface area contributed by atoms with Crippen LogP contribution in [0.25, 0.3) is 61.0 Å². The lowest BCUT2D eigenvalue weighted by Crippen LogP contribution is -2.33. The number of aromatic nitrogens is 2. The van der Waals surface area contributed by atoms with Crippen LogP contribution in [0.3, 0.4) is 0 Å². The van der Waals surface area contributed by atoms with Crippen molar-refractivity contribution in [3.63, 3.8) is 0 Å². The van der Waals surface area contributed by atoms with Gasteiger partial charge in [-0.3, -0.25) is 4.57 Å². The van der Waals surface area contributed by atoms with E-state index in [1.165, 1.54) is 11.1 Å². The van der Waals surface area contributed by atoms with Gasteiger partial charge in [-0.05, 0) is 140 Å². The summed E-state index contributed by atoms with van der Waals surface area (Å²) < 4.78 is 74.2. The van der Waals surface area contributed by atoms with Gasteiger partial charge in [-0.25, -0.2) is 4.98 Å². The number of para-hydroxylation sites is 4. The summed E-state index contributed by atoms with van der Waals surface area (Å²) >= 11 is 0. The summed E-state index contributed by atoms with van der Waals surface area (Å²) in [6.45, 7) is 22.3. The third-order valence-corrected chi connectivity index (χ3v) is 15.6. The van der Waals surface area contributed by atoms with Crippen LogP contribution >= 0.6 is 0 Å². The molecule has 0 fully saturated rings. The van der Waals surface area contributed by atoms with Crippen LogP contribution in [-0.4, -0.2) is 16.2 Å². The number of anilines is 4. The molecule has 75 heavy (non-hydrogen) atoms. The van der Waals surface area contributed by atoms with Crippen molar-refractivity contribution in [2.75, 3.05) is 16.5 Å². The minimum Gasteiger partial charge on any atom is -0.457 e. The fraction of sp³-hybridized carbons (Fsp3) is 0.243. The molecule has 5 heteroatoms. The lowest BCUT2D eigenvalue weighted by Gasteiger charge is -2.42. The highest BCUT2D eigenvalue weighted by Gasteiger charge is 2.38. The minimum absolute atomic E-state index is 0.0114. The molecule has 0 N–H and O–H groups in total. The van der Waals surface area contributed by atoms with Gasteiger partial charge in [0.1, 0.15) is 24.0 Å². The van der Waals surface area contributed by atoms with Crippen LogP contribution in [0.2, 0.25) is 0 Å². The molecule has 0 spiro atoms. The molecule has 3 heterocycles. The Morgan fingerprint density at radius 3 is 1.95 bits per heavy atom. The quantitative estimate of drug-likeness (QED) is 0.152. The van der Waals surface area contributed by atoms with Gasteiger partial charge >= 0.3 is 0 Å². The molecule has 0 radical (unpaired) electrons. The van der Waals surface area contributed by atoms with Gasteiger partial charge in [0.05, 0.1) is 37.7 Å². The minimum atomic E-state index is -0.589. The van der Waals surface area contributed by atoms with Crippen LogP contribution in [-0.2, 0) is 21.7 Å². The molecule has 2 aromatic heterocycles. The maximum atomic E-state index is 10.2. The van der Waals surface area contributed by atoms with Crippen LogP contribution in [0.4, 0.5) is 22.7 Å². The maximum absolute atomic E-state index is 10.2. The number of benzene rings is 8. The van der Waals surface area contributed by atoms with Crippen molar-refractivity contribution in [1.82, 2.24) is 9.55 Å². The van der Waals surface area contributed by atoms with Crippen molar-refractivity contribution in [2.24, 2.45) is 0 Å². The molecule has 10 aromatic rings. The Labute approximate surface area is 453 Å². The second-order valence-corrected chi connectivity index (χ2v) is 23.8. The molecule has 0 atom stereocenters. The average Bonchev–Trinajstić information content (AvgIpc) is 3.57. The Balaban J connectivity index is 1.01. The van der Waals surface area contributed by atoms with E-state index < -0.39 is 5.41 Å². The van der Waals surface area contributed by atoms with Crippen LogP contribution in [0, 0.1) is 0 Å². The molecular weight excluding hydrogens is 913 g/mol. The normalized spacial score (nSPS) is 16.4. The van der Waals surface area contributed by atoms with Crippen molar-refractivity contribution in [2.45, 2.75) is 104 Å². The Morgan fingerprint density at radius 2 is 1.19 bits per heavy atom. The molecule has 374 valence electrons. The third kappa shape index (κ3) is 8.66. The first-order valence-corrected chi connectivity index (χ1v) is 26.3. The topological polar surface area (TPSA) is 33.5 Å². The number of rotatable bonds is 8. The zero-order chi connectivity index (χ0) is 58.1. The molecule has 2 aliphatic rings.